The minimum Gasteiger partial charge on any atom is -0.508 e. The summed E-state index contributed by atoms with van der Waals surface area (Å²) >= 11 is 0. The van der Waals surface area contributed by atoms with Gasteiger partial charge in [-0.3, -0.25) is 9.59 Å². The lowest BCUT2D eigenvalue weighted by molar-refractivity contribution is -0.167. The number of aromatic hydroxyl groups is 1. The lowest BCUT2D eigenvalue weighted by Gasteiger charge is -2.52. The molecule has 0 bridgehead atoms. The van der Waals surface area contributed by atoms with Crippen molar-refractivity contribution in [2.24, 2.45) is 0 Å². The highest BCUT2D eigenvalue weighted by Crippen LogP contribution is 2.30. The van der Waals surface area contributed by atoms with Gasteiger partial charge >= 0.3 is 6.03 Å². The summed E-state index contributed by atoms with van der Waals surface area (Å²) in [5.74, 6) is -0.169. The predicted molar refractivity (Wildman–Crippen MR) is 170 cm³/mol. The molecule has 0 aliphatic carbocycles. The molecule has 0 radical (unpaired) electrons. The van der Waals surface area contributed by atoms with Gasteiger partial charge in [-0.2, -0.15) is 0 Å². The number of amides is 4. The molecule has 8 nitrogen and oxygen atoms in total. The summed E-state index contributed by atoms with van der Waals surface area (Å²) in [5.41, 5.74) is 4.79. The van der Waals surface area contributed by atoms with E-state index in [1.165, 1.54) is 0 Å². The predicted octanol–water partition coefficient (Wildman–Crippen LogP) is 5.30. The molecule has 224 valence electrons. The molecule has 8 heteroatoms. The SMILES string of the molecule is C=C(C)c1ccc(CNC(=O)N2CCC(=O)N3C(Cc4ccc(O)cc4)C(=O)N(Cc4cccc5ccccc45)CC23)cc1. The molecule has 2 unspecified atom stereocenters. The number of fused-ring (bicyclic) bond motifs is 2. The molecule has 2 saturated heterocycles. The maximum absolute atomic E-state index is 14.2. The number of piperazine rings is 1. The molecule has 2 N–H and O–H groups in total. The molecule has 2 atom stereocenters. The number of carbonyl (C=O) groups excluding carboxylic acids is 3. The monoisotopic (exact) mass is 588 g/mol. The molecule has 0 aromatic heterocycles. The first kappa shape index (κ1) is 29.0. The summed E-state index contributed by atoms with van der Waals surface area (Å²) in [6, 6.07) is 27.6. The van der Waals surface area contributed by atoms with Crippen molar-refractivity contribution in [1.29, 1.82) is 0 Å². The van der Waals surface area contributed by atoms with E-state index in [9.17, 15) is 19.5 Å². The number of hydrogen-bond donors (Lipinski definition) is 2. The summed E-state index contributed by atoms with van der Waals surface area (Å²) < 4.78 is 0. The van der Waals surface area contributed by atoms with E-state index < -0.39 is 12.2 Å². The van der Waals surface area contributed by atoms with E-state index in [4.69, 9.17) is 0 Å². The quantitative estimate of drug-likeness (QED) is 0.306. The van der Waals surface area contributed by atoms with Crippen molar-refractivity contribution in [2.75, 3.05) is 13.1 Å². The van der Waals surface area contributed by atoms with E-state index in [1.54, 1.807) is 39.0 Å². The van der Waals surface area contributed by atoms with Gasteiger partial charge in [-0.15, -0.1) is 0 Å². The Balaban J connectivity index is 1.29. The van der Waals surface area contributed by atoms with Crippen LogP contribution in [-0.2, 0) is 29.1 Å². The van der Waals surface area contributed by atoms with Gasteiger partial charge in [0.1, 0.15) is 18.0 Å². The Hall–Kier alpha value is -5.11. The number of nitrogens with zero attached hydrogens (tertiary/aromatic N) is 3. The molecule has 2 aliphatic rings. The number of phenols is 1. The number of benzene rings is 4. The zero-order valence-corrected chi connectivity index (χ0v) is 24.8. The normalized spacial score (nSPS) is 18.3. The number of urea groups is 1. The van der Waals surface area contributed by atoms with E-state index in [0.29, 0.717) is 13.1 Å². The largest absolute Gasteiger partial charge is 0.508 e. The van der Waals surface area contributed by atoms with Crippen molar-refractivity contribution in [1.82, 2.24) is 20.0 Å². The van der Waals surface area contributed by atoms with Crippen LogP contribution >= 0.6 is 0 Å². The van der Waals surface area contributed by atoms with E-state index in [1.807, 2.05) is 73.7 Å². The number of allylic oxidation sites excluding steroid dienone is 1. The number of phenolic OH excluding ortho intramolecular Hbond substituents is 1. The third kappa shape index (κ3) is 5.88. The summed E-state index contributed by atoms with van der Waals surface area (Å²) in [6.07, 6.45) is -0.200. The molecule has 4 amide bonds. The average molecular weight is 589 g/mol. The van der Waals surface area contributed by atoms with Crippen molar-refractivity contribution in [3.8, 4) is 5.75 Å². The van der Waals surface area contributed by atoms with Crippen LogP contribution in [0.3, 0.4) is 0 Å². The van der Waals surface area contributed by atoms with Gasteiger partial charge in [-0.1, -0.05) is 91.0 Å². The summed E-state index contributed by atoms with van der Waals surface area (Å²) in [6.45, 7) is 7.10. The van der Waals surface area contributed by atoms with Gasteiger partial charge in [0.05, 0.1) is 6.54 Å². The van der Waals surface area contributed by atoms with Crippen LogP contribution in [0.5, 0.6) is 5.75 Å². The summed E-state index contributed by atoms with van der Waals surface area (Å²) in [5, 5.41) is 15.0. The van der Waals surface area contributed by atoms with Crippen LogP contribution in [-0.4, -0.2) is 62.9 Å². The summed E-state index contributed by atoms with van der Waals surface area (Å²) in [7, 11) is 0. The van der Waals surface area contributed by atoms with Gasteiger partial charge in [0, 0.05) is 32.5 Å². The maximum Gasteiger partial charge on any atom is 0.319 e. The van der Waals surface area contributed by atoms with Gasteiger partial charge in [-0.05, 0) is 52.1 Å². The lowest BCUT2D eigenvalue weighted by atomic mass is 9.96. The number of hydrogen-bond acceptors (Lipinski definition) is 4. The van der Waals surface area contributed by atoms with E-state index in [0.717, 1.165) is 38.6 Å². The molecular formula is C36H36N4O4. The van der Waals surface area contributed by atoms with E-state index in [-0.39, 0.29) is 49.5 Å². The third-order valence-corrected chi connectivity index (χ3v) is 8.61. The van der Waals surface area contributed by atoms with Gasteiger partial charge in [0.25, 0.3) is 0 Å². The standard InChI is InChI=1S/C36H36N4O4/c1-24(2)27-14-10-26(11-15-27)21-37-36(44)39-19-18-34(42)40-32(20-25-12-16-30(41)17-13-25)35(43)38(23-33(39)40)22-29-8-5-7-28-6-3-4-9-31(28)29/h3-17,32-33,41H,1,18-23H2,2H3,(H,37,44). The van der Waals surface area contributed by atoms with Gasteiger partial charge in [-0.25, -0.2) is 4.79 Å². The second kappa shape index (κ2) is 12.2. The van der Waals surface area contributed by atoms with Crippen molar-refractivity contribution >= 4 is 34.2 Å². The van der Waals surface area contributed by atoms with E-state index >= 15 is 0 Å². The van der Waals surface area contributed by atoms with Crippen molar-refractivity contribution < 1.29 is 19.5 Å². The molecule has 4 aromatic carbocycles. The lowest BCUT2D eigenvalue weighted by Crippen LogP contribution is -2.72. The fourth-order valence-electron chi connectivity index (χ4n) is 6.24. The zero-order chi connectivity index (χ0) is 30.8. The van der Waals surface area contributed by atoms with Gasteiger partial charge < -0.3 is 25.1 Å². The Kier molecular flexibility index (Phi) is 8.07. The first-order chi connectivity index (χ1) is 21.3. The fraction of sp³-hybridized carbons (Fsp3) is 0.250. The second-order valence-corrected chi connectivity index (χ2v) is 11.6. The van der Waals surface area contributed by atoms with Crippen molar-refractivity contribution in [3.63, 3.8) is 0 Å². The Labute approximate surface area is 257 Å². The van der Waals surface area contributed by atoms with Crippen LogP contribution in [0, 0.1) is 0 Å². The number of rotatable bonds is 7. The summed E-state index contributed by atoms with van der Waals surface area (Å²) in [4.78, 5) is 46.4. The number of nitrogens with one attached hydrogen (secondary N) is 1. The van der Waals surface area contributed by atoms with Crippen molar-refractivity contribution in [2.45, 2.75) is 45.1 Å². The molecule has 2 heterocycles. The Bertz CT molecular complexity index is 1710. The van der Waals surface area contributed by atoms with Crippen LogP contribution < -0.4 is 5.32 Å². The van der Waals surface area contributed by atoms with E-state index in [2.05, 4.69) is 11.9 Å². The van der Waals surface area contributed by atoms with Gasteiger partial charge in [0.2, 0.25) is 11.8 Å². The van der Waals surface area contributed by atoms with Crippen LogP contribution in [0.2, 0.25) is 0 Å². The van der Waals surface area contributed by atoms with Crippen LogP contribution in [0.15, 0.2) is 97.6 Å². The highest BCUT2D eigenvalue weighted by molar-refractivity contribution is 5.92. The minimum absolute atomic E-state index is 0.130. The van der Waals surface area contributed by atoms with Crippen LogP contribution in [0.1, 0.15) is 35.6 Å². The first-order valence-electron chi connectivity index (χ1n) is 14.9. The Morgan fingerprint density at radius 1 is 0.932 bits per heavy atom. The Morgan fingerprint density at radius 2 is 1.64 bits per heavy atom. The van der Waals surface area contributed by atoms with Crippen LogP contribution in [0.4, 0.5) is 4.79 Å². The average Bonchev–Trinajstić information content (AvgIpc) is 3.03. The zero-order valence-electron chi connectivity index (χ0n) is 24.8. The molecular weight excluding hydrogens is 552 g/mol. The molecule has 44 heavy (non-hydrogen) atoms. The third-order valence-electron chi connectivity index (χ3n) is 8.61. The van der Waals surface area contributed by atoms with Crippen molar-refractivity contribution in [3.05, 3.63) is 120 Å². The molecule has 2 aliphatic heterocycles. The highest BCUT2D eigenvalue weighted by Gasteiger charge is 2.48. The minimum atomic E-state index is -0.786. The molecule has 0 saturated carbocycles. The van der Waals surface area contributed by atoms with Crippen LogP contribution in [0.25, 0.3) is 16.3 Å². The molecule has 2 fully saturated rings. The number of carbonyl (C=O) groups is 3. The Morgan fingerprint density at radius 3 is 2.39 bits per heavy atom. The maximum atomic E-state index is 14.2. The second-order valence-electron chi connectivity index (χ2n) is 11.6. The first-order valence-corrected chi connectivity index (χ1v) is 14.9. The molecule has 4 aromatic rings. The molecule has 0 spiro atoms. The topological polar surface area (TPSA) is 93.2 Å². The smallest absolute Gasteiger partial charge is 0.319 e. The highest BCUT2D eigenvalue weighted by atomic mass is 16.3. The fourth-order valence-corrected chi connectivity index (χ4v) is 6.24. The molecule has 6 rings (SSSR count). The van der Waals surface area contributed by atoms with Gasteiger partial charge in [0.15, 0.2) is 0 Å².